The molecular weight excluding hydrogens is 292 g/mol. The van der Waals surface area contributed by atoms with E-state index in [1.807, 2.05) is 30.4 Å². The Morgan fingerprint density at radius 3 is 2.64 bits per heavy atom. The van der Waals surface area contributed by atoms with Gasteiger partial charge < -0.3 is 4.90 Å². The second-order valence-electron chi connectivity index (χ2n) is 5.69. The molecule has 0 unspecified atom stereocenters. The third kappa shape index (κ3) is 4.35. The molecule has 116 valence electrons. The average molecular weight is 315 g/mol. The van der Waals surface area contributed by atoms with Crippen LogP contribution in [0.15, 0.2) is 41.4 Å². The Bertz CT molecular complexity index is 677. The highest BCUT2D eigenvalue weighted by atomic mass is 35.5. The molecule has 0 aliphatic heterocycles. The summed E-state index contributed by atoms with van der Waals surface area (Å²) in [6.45, 7) is 7.25. The number of hydrogen-bond donors (Lipinski definition) is 0. The van der Waals surface area contributed by atoms with Crippen LogP contribution in [0.3, 0.4) is 0 Å². The summed E-state index contributed by atoms with van der Waals surface area (Å²) in [5.41, 5.74) is 5.93. The Labute approximate surface area is 138 Å². The minimum Gasteiger partial charge on any atom is -0.366 e. The predicted molar refractivity (Wildman–Crippen MR) is 96.6 cm³/mol. The molecule has 0 fully saturated rings. The number of aliphatic imine (C=N–C) groups is 1. The maximum Gasteiger partial charge on any atom is 0.0909 e. The van der Waals surface area contributed by atoms with Gasteiger partial charge in [0.05, 0.1) is 12.0 Å². The summed E-state index contributed by atoms with van der Waals surface area (Å²) in [6.07, 6.45) is 2.73. The highest BCUT2D eigenvalue weighted by Gasteiger charge is 2.07. The van der Waals surface area contributed by atoms with Crippen molar-refractivity contribution in [2.75, 3.05) is 13.6 Å². The molecule has 0 aliphatic rings. The van der Waals surface area contributed by atoms with E-state index in [-0.39, 0.29) is 0 Å². The smallest absolute Gasteiger partial charge is 0.0909 e. The van der Waals surface area contributed by atoms with Gasteiger partial charge in [0.2, 0.25) is 0 Å². The standard InChI is InChI=1S/C19H23ClN2/c1-5-22(4)13-21-19-12-18(20)11-17(15(19)3)10-16-8-6-7-14(2)9-16/h6-9,11-13H,5,10H2,1-4H3/b21-13-. The van der Waals surface area contributed by atoms with Crippen molar-refractivity contribution in [1.82, 2.24) is 4.90 Å². The summed E-state index contributed by atoms with van der Waals surface area (Å²) in [6, 6.07) is 12.6. The van der Waals surface area contributed by atoms with Gasteiger partial charge in [-0.05, 0) is 56.0 Å². The first kappa shape index (κ1) is 16.6. The van der Waals surface area contributed by atoms with Gasteiger partial charge in [-0.1, -0.05) is 41.4 Å². The fraction of sp³-hybridized carbons (Fsp3) is 0.316. The van der Waals surface area contributed by atoms with Gasteiger partial charge in [-0.3, -0.25) is 0 Å². The second-order valence-corrected chi connectivity index (χ2v) is 6.13. The number of rotatable bonds is 5. The van der Waals surface area contributed by atoms with Crippen LogP contribution < -0.4 is 0 Å². The number of aryl methyl sites for hydroxylation is 1. The minimum absolute atomic E-state index is 0.736. The van der Waals surface area contributed by atoms with Crippen molar-refractivity contribution in [2.45, 2.75) is 27.2 Å². The van der Waals surface area contributed by atoms with E-state index in [9.17, 15) is 0 Å². The topological polar surface area (TPSA) is 15.6 Å². The monoisotopic (exact) mass is 314 g/mol. The van der Waals surface area contributed by atoms with Crippen molar-refractivity contribution >= 4 is 23.6 Å². The van der Waals surface area contributed by atoms with Crippen molar-refractivity contribution < 1.29 is 0 Å². The lowest BCUT2D eigenvalue weighted by Crippen LogP contribution is -2.14. The van der Waals surface area contributed by atoms with E-state index in [2.05, 4.69) is 50.0 Å². The van der Waals surface area contributed by atoms with E-state index in [0.29, 0.717) is 0 Å². The van der Waals surface area contributed by atoms with Gasteiger partial charge in [0.15, 0.2) is 0 Å². The molecule has 0 bridgehead atoms. The molecule has 0 heterocycles. The molecule has 2 aromatic carbocycles. The van der Waals surface area contributed by atoms with Crippen LogP contribution in [0.4, 0.5) is 5.69 Å². The van der Waals surface area contributed by atoms with Crippen molar-refractivity contribution in [2.24, 2.45) is 4.99 Å². The molecule has 0 spiro atoms. The molecule has 0 radical (unpaired) electrons. The minimum atomic E-state index is 0.736. The quantitative estimate of drug-likeness (QED) is 0.550. The molecule has 0 saturated heterocycles. The zero-order valence-electron chi connectivity index (χ0n) is 13.7. The van der Waals surface area contributed by atoms with Crippen LogP contribution in [0.1, 0.15) is 29.2 Å². The SMILES string of the molecule is CCN(C)/C=N\c1cc(Cl)cc(Cc2cccc(C)c2)c1C. The lowest BCUT2D eigenvalue weighted by Gasteiger charge is -2.12. The Hall–Kier alpha value is -1.80. The average Bonchev–Trinajstić information content (AvgIpc) is 2.48. The molecule has 0 amide bonds. The van der Waals surface area contributed by atoms with Gasteiger partial charge in [-0.25, -0.2) is 4.99 Å². The number of halogens is 1. The summed E-state index contributed by atoms with van der Waals surface area (Å²) in [5.74, 6) is 0. The van der Waals surface area contributed by atoms with E-state index in [4.69, 9.17) is 11.6 Å². The summed E-state index contributed by atoms with van der Waals surface area (Å²) < 4.78 is 0. The van der Waals surface area contributed by atoms with E-state index in [1.54, 1.807) is 0 Å². The van der Waals surface area contributed by atoms with Crippen LogP contribution >= 0.6 is 11.6 Å². The third-order valence-corrected chi connectivity index (χ3v) is 4.04. The molecule has 3 heteroatoms. The first-order chi connectivity index (χ1) is 10.5. The Morgan fingerprint density at radius 1 is 1.18 bits per heavy atom. The fourth-order valence-electron chi connectivity index (χ4n) is 2.32. The second kappa shape index (κ2) is 7.46. The fourth-order valence-corrected chi connectivity index (χ4v) is 2.56. The van der Waals surface area contributed by atoms with E-state index in [0.717, 1.165) is 23.7 Å². The van der Waals surface area contributed by atoms with Gasteiger partial charge in [-0.15, -0.1) is 0 Å². The molecule has 0 atom stereocenters. The van der Waals surface area contributed by atoms with E-state index >= 15 is 0 Å². The van der Waals surface area contributed by atoms with Crippen molar-refractivity contribution in [1.29, 1.82) is 0 Å². The van der Waals surface area contributed by atoms with Gasteiger partial charge >= 0.3 is 0 Å². The lowest BCUT2D eigenvalue weighted by atomic mass is 9.98. The maximum absolute atomic E-state index is 6.28. The highest BCUT2D eigenvalue weighted by molar-refractivity contribution is 6.31. The number of hydrogen-bond acceptors (Lipinski definition) is 1. The summed E-state index contributed by atoms with van der Waals surface area (Å²) >= 11 is 6.28. The summed E-state index contributed by atoms with van der Waals surface area (Å²) in [5, 5.41) is 0.736. The molecule has 0 N–H and O–H groups in total. The highest BCUT2D eigenvalue weighted by Crippen LogP contribution is 2.28. The first-order valence-electron chi connectivity index (χ1n) is 7.58. The largest absolute Gasteiger partial charge is 0.366 e. The van der Waals surface area contributed by atoms with E-state index < -0.39 is 0 Å². The molecule has 2 nitrogen and oxygen atoms in total. The third-order valence-electron chi connectivity index (χ3n) is 3.82. The maximum atomic E-state index is 6.28. The zero-order valence-corrected chi connectivity index (χ0v) is 14.5. The Balaban J connectivity index is 2.32. The summed E-state index contributed by atoms with van der Waals surface area (Å²) in [4.78, 5) is 6.62. The van der Waals surface area contributed by atoms with Crippen LogP contribution in [-0.4, -0.2) is 24.8 Å². The van der Waals surface area contributed by atoms with E-state index in [1.165, 1.54) is 22.3 Å². The van der Waals surface area contributed by atoms with Crippen LogP contribution in [-0.2, 0) is 6.42 Å². The van der Waals surface area contributed by atoms with Crippen LogP contribution in [0.2, 0.25) is 5.02 Å². The molecule has 0 aromatic heterocycles. The van der Waals surface area contributed by atoms with Crippen molar-refractivity contribution in [3.63, 3.8) is 0 Å². The number of nitrogens with zero attached hydrogens (tertiary/aromatic N) is 2. The zero-order chi connectivity index (χ0) is 16.1. The van der Waals surface area contributed by atoms with Gasteiger partial charge in [0, 0.05) is 18.6 Å². The van der Waals surface area contributed by atoms with Crippen molar-refractivity contribution in [3.05, 3.63) is 63.7 Å². The summed E-state index contributed by atoms with van der Waals surface area (Å²) in [7, 11) is 2.01. The van der Waals surface area contributed by atoms with Gasteiger partial charge in [0.25, 0.3) is 0 Å². The van der Waals surface area contributed by atoms with Crippen LogP contribution in [0, 0.1) is 13.8 Å². The van der Waals surface area contributed by atoms with Gasteiger partial charge in [0.1, 0.15) is 0 Å². The Kier molecular flexibility index (Phi) is 5.62. The Morgan fingerprint density at radius 2 is 1.95 bits per heavy atom. The molecule has 22 heavy (non-hydrogen) atoms. The van der Waals surface area contributed by atoms with Crippen molar-refractivity contribution in [3.8, 4) is 0 Å². The number of benzene rings is 2. The lowest BCUT2D eigenvalue weighted by molar-refractivity contribution is 0.552. The predicted octanol–water partition coefficient (Wildman–Crippen LogP) is 5.16. The molecule has 2 rings (SSSR count). The van der Waals surface area contributed by atoms with Gasteiger partial charge in [-0.2, -0.15) is 0 Å². The molecular formula is C19H23ClN2. The van der Waals surface area contributed by atoms with Crippen LogP contribution in [0.25, 0.3) is 0 Å². The van der Waals surface area contributed by atoms with Crippen LogP contribution in [0.5, 0.6) is 0 Å². The molecule has 0 saturated carbocycles. The molecule has 2 aromatic rings. The molecule has 0 aliphatic carbocycles. The first-order valence-corrected chi connectivity index (χ1v) is 7.96. The normalized spacial score (nSPS) is 11.1.